The minimum absolute atomic E-state index is 0.113. The number of nitrogens with one attached hydrogen (secondary N) is 4. The average Bonchev–Trinajstić information content (AvgIpc) is 3.59. The van der Waals surface area contributed by atoms with Crippen molar-refractivity contribution in [1.29, 1.82) is 0 Å². The first-order valence-electron chi connectivity index (χ1n) is 18.1. The maximum atomic E-state index is 14.0. The summed E-state index contributed by atoms with van der Waals surface area (Å²) in [7, 11) is 2.91. The van der Waals surface area contributed by atoms with Crippen molar-refractivity contribution in [3.63, 3.8) is 0 Å². The minimum Gasteiger partial charge on any atom is -0.444 e. The molecule has 0 aromatic heterocycles. The molecule has 2 rings (SSSR count). The van der Waals surface area contributed by atoms with E-state index in [1.54, 1.807) is 45.9 Å². The molecule has 0 aromatic carbocycles. The zero-order chi connectivity index (χ0) is 40.8. The predicted octanol–water partition coefficient (Wildman–Crippen LogP) is 3.23. The van der Waals surface area contributed by atoms with Gasteiger partial charge in [-0.3, -0.25) is 28.8 Å². The van der Waals surface area contributed by atoms with Crippen molar-refractivity contribution in [3.8, 4) is 0 Å². The van der Waals surface area contributed by atoms with Gasteiger partial charge in [0.1, 0.15) is 23.7 Å². The number of hydrogen-bond donors (Lipinski definition) is 4. The Morgan fingerprint density at radius 1 is 0.926 bits per heavy atom. The second kappa shape index (κ2) is 20.7. The Morgan fingerprint density at radius 2 is 1.57 bits per heavy atom. The lowest BCUT2D eigenvalue weighted by Gasteiger charge is -2.35. The summed E-state index contributed by atoms with van der Waals surface area (Å²) in [6, 6.07) is -5.40. The highest BCUT2D eigenvalue weighted by Gasteiger charge is 2.43. The molecule has 4 unspecified atom stereocenters. The largest absolute Gasteiger partial charge is 0.444 e. The van der Waals surface area contributed by atoms with Gasteiger partial charge in [0.05, 0.1) is 12.6 Å². The van der Waals surface area contributed by atoms with Gasteiger partial charge in [-0.05, 0) is 71.3 Å². The van der Waals surface area contributed by atoms with Gasteiger partial charge in [-0.15, -0.1) is 0 Å². The summed E-state index contributed by atoms with van der Waals surface area (Å²) in [5, 5.41) is 9.38. The molecule has 1 heterocycles. The number of halogens is 3. The van der Waals surface area contributed by atoms with Gasteiger partial charge in [0.15, 0.2) is 0 Å². The maximum Gasteiger partial charge on any atom is 0.408 e. The molecule has 2 fully saturated rings. The first-order valence-corrected chi connectivity index (χ1v) is 18.1. The molecule has 0 bridgehead atoms. The maximum absolute atomic E-state index is 14.0. The molecule has 0 spiro atoms. The molecule has 1 aliphatic heterocycles. The van der Waals surface area contributed by atoms with Gasteiger partial charge in [0.25, 0.3) is 5.91 Å². The first kappa shape index (κ1) is 45.5. The summed E-state index contributed by atoms with van der Waals surface area (Å²) >= 11 is 0. The number of carbonyl (C=O) groups excluding carboxylic acids is 7. The molecule has 1 saturated carbocycles. The number of Topliss-reactive ketones (excluding diaryl/α,β-unsaturated/α-hetero) is 1. The van der Waals surface area contributed by atoms with Gasteiger partial charge in [0, 0.05) is 27.1 Å². The van der Waals surface area contributed by atoms with E-state index in [4.69, 9.17) is 4.74 Å². The Morgan fingerprint density at radius 3 is 2.15 bits per heavy atom. The van der Waals surface area contributed by atoms with Crippen molar-refractivity contribution in [2.75, 3.05) is 27.2 Å². The van der Waals surface area contributed by atoms with Crippen molar-refractivity contribution in [3.05, 3.63) is 36.5 Å². The Hall–Kier alpha value is -4.70. The van der Waals surface area contributed by atoms with Crippen molar-refractivity contribution in [2.45, 2.75) is 121 Å². The van der Waals surface area contributed by atoms with E-state index in [-0.39, 0.29) is 24.5 Å². The lowest BCUT2D eigenvalue weighted by atomic mass is 9.83. The minimum atomic E-state index is -4.74. The number of likely N-dealkylation sites (N-methyl/N-ethyl adjacent to an activating group) is 1. The third-order valence-corrected chi connectivity index (χ3v) is 8.86. The van der Waals surface area contributed by atoms with Crippen molar-refractivity contribution >= 4 is 41.4 Å². The zero-order valence-corrected chi connectivity index (χ0v) is 32.0. The van der Waals surface area contributed by atoms with E-state index >= 15 is 0 Å². The molecule has 2 aliphatic rings. The molecule has 14 nitrogen and oxygen atoms in total. The summed E-state index contributed by atoms with van der Waals surface area (Å²) in [6.07, 6.45) is 2.83. The zero-order valence-electron chi connectivity index (χ0n) is 32.0. The summed E-state index contributed by atoms with van der Waals surface area (Å²) < 4.78 is 45.3. The third kappa shape index (κ3) is 15.0. The molecule has 17 heteroatoms. The van der Waals surface area contributed by atoms with Crippen LogP contribution >= 0.6 is 0 Å². The third-order valence-electron chi connectivity index (χ3n) is 8.86. The van der Waals surface area contributed by atoms with E-state index in [0.29, 0.717) is 19.3 Å². The van der Waals surface area contributed by atoms with E-state index in [0.717, 1.165) is 19.3 Å². The standard InChI is InChI=1S/C37H55F3N6O8/c1-8-9-11-15-23(2)28(33(51)45(6)7)43-27(47)22-41-32(50)30(48)25(19-20-37(38,39)40)42-31(49)26-18-14-21-46(26)34(52)29(24-16-12-10-13-17-24)44-35(53)54-36(3,4)5/h8-9,11,15,24-26,28-29H,2,10,12-14,16-22H2,1,3-7H3,(H,41,50)(H,42,49)(H,43,47)(H,44,53)/b9-8-,15-11-. The Kier molecular flexibility index (Phi) is 17.4. The number of ketones is 1. The van der Waals surface area contributed by atoms with Gasteiger partial charge in [-0.1, -0.05) is 50.1 Å². The highest BCUT2D eigenvalue weighted by molar-refractivity contribution is 6.38. The monoisotopic (exact) mass is 768 g/mol. The number of ether oxygens (including phenoxy) is 1. The van der Waals surface area contributed by atoms with Gasteiger partial charge >= 0.3 is 12.3 Å². The number of rotatable bonds is 16. The molecular weight excluding hydrogens is 713 g/mol. The van der Waals surface area contributed by atoms with Crippen LogP contribution in [0.1, 0.15) is 85.5 Å². The summed E-state index contributed by atoms with van der Waals surface area (Å²) in [5.41, 5.74) is -0.636. The van der Waals surface area contributed by atoms with E-state index in [9.17, 15) is 46.7 Å². The highest BCUT2D eigenvalue weighted by atomic mass is 19.4. The van der Waals surface area contributed by atoms with E-state index in [2.05, 4.69) is 22.5 Å². The van der Waals surface area contributed by atoms with Crippen molar-refractivity contribution < 1.29 is 51.5 Å². The number of hydrogen-bond acceptors (Lipinski definition) is 8. The van der Waals surface area contributed by atoms with Gasteiger partial charge in [0.2, 0.25) is 29.4 Å². The van der Waals surface area contributed by atoms with Crippen LogP contribution in [0.3, 0.4) is 0 Å². The van der Waals surface area contributed by atoms with E-state index < -0.39 is 96.7 Å². The topological polar surface area (TPSA) is 183 Å². The van der Waals surface area contributed by atoms with Gasteiger partial charge in [-0.25, -0.2) is 4.79 Å². The van der Waals surface area contributed by atoms with E-state index in [1.807, 2.05) is 5.32 Å². The normalized spacial score (nSPS) is 18.4. The number of likely N-dealkylation sites (tertiary alicyclic amines) is 1. The van der Waals surface area contributed by atoms with Crippen LogP contribution in [0.2, 0.25) is 0 Å². The van der Waals surface area contributed by atoms with Gasteiger partial charge < -0.3 is 35.8 Å². The van der Waals surface area contributed by atoms with Crippen LogP contribution in [-0.4, -0.2) is 114 Å². The number of amides is 6. The van der Waals surface area contributed by atoms with Crippen LogP contribution < -0.4 is 21.3 Å². The van der Waals surface area contributed by atoms with Crippen LogP contribution in [-0.2, 0) is 33.5 Å². The fourth-order valence-corrected chi connectivity index (χ4v) is 6.19. The number of alkyl carbamates (subject to hydrolysis) is 1. The highest BCUT2D eigenvalue weighted by Crippen LogP contribution is 2.30. The number of allylic oxidation sites excluding steroid dienone is 3. The van der Waals surface area contributed by atoms with Crippen LogP contribution in [0.25, 0.3) is 0 Å². The van der Waals surface area contributed by atoms with Crippen LogP contribution in [0.15, 0.2) is 36.5 Å². The smallest absolute Gasteiger partial charge is 0.408 e. The lowest BCUT2D eigenvalue weighted by Crippen LogP contribution is -2.58. The SMILES string of the molecule is C=C(/C=C\C=C/C)C(NC(=O)CNC(=O)C(=O)C(CCC(F)(F)F)NC(=O)C1CCCN1C(=O)C(NC(=O)OC(C)(C)C)C1CCCCC1)C(=O)N(C)C. The Bertz CT molecular complexity index is 1450. The molecular formula is C37H55F3N6O8. The molecule has 0 aromatic rings. The predicted molar refractivity (Wildman–Crippen MR) is 193 cm³/mol. The first-order chi connectivity index (χ1) is 25.1. The summed E-state index contributed by atoms with van der Waals surface area (Å²) in [6.45, 7) is 9.87. The number of alkyl halides is 3. The average molecular weight is 769 g/mol. The molecule has 1 saturated heterocycles. The van der Waals surface area contributed by atoms with Crippen LogP contribution in [0.4, 0.5) is 18.0 Å². The Labute approximate surface area is 314 Å². The summed E-state index contributed by atoms with van der Waals surface area (Å²) in [5.74, 6) is -6.07. The van der Waals surface area contributed by atoms with Gasteiger partial charge in [-0.2, -0.15) is 13.2 Å². The quantitative estimate of drug-likeness (QED) is 0.136. The Balaban J connectivity index is 2.21. The second-order valence-electron chi connectivity index (χ2n) is 14.7. The van der Waals surface area contributed by atoms with Crippen molar-refractivity contribution in [2.24, 2.45) is 5.92 Å². The molecule has 302 valence electrons. The molecule has 1 aliphatic carbocycles. The molecule has 6 amide bonds. The molecule has 0 radical (unpaired) electrons. The number of nitrogens with zero attached hydrogens (tertiary/aromatic N) is 2. The molecule has 54 heavy (non-hydrogen) atoms. The second-order valence-corrected chi connectivity index (χ2v) is 14.7. The molecule has 4 atom stereocenters. The fraction of sp³-hybridized carbons (Fsp3) is 0.649. The van der Waals surface area contributed by atoms with Crippen molar-refractivity contribution in [1.82, 2.24) is 31.1 Å². The summed E-state index contributed by atoms with van der Waals surface area (Å²) in [4.78, 5) is 94.3. The van der Waals surface area contributed by atoms with Crippen LogP contribution in [0.5, 0.6) is 0 Å². The fourth-order valence-electron chi connectivity index (χ4n) is 6.19. The lowest BCUT2D eigenvalue weighted by molar-refractivity contribution is -0.147. The van der Waals surface area contributed by atoms with E-state index in [1.165, 1.54) is 30.0 Å². The molecule has 4 N–H and O–H groups in total. The van der Waals surface area contributed by atoms with Crippen LogP contribution in [0, 0.1) is 5.92 Å². The number of carbonyl (C=O) groups is 7.